The van der Waals surface area contributed by atoms with Gasteiger partial charge in [0.1, 0.15) is 6.07 Å². The fourth-order valence-corrected chi connectivity index (χ4v) is 2.00. The summed E-state index contributed by atoms with van der Waals surface area (Å²) in [5.41, 5.74) is 0.502. The van der Waals surface area contributed by atoms with E-state index in [0.29, 0.717) is 32.6 Å². The van der Waals surface area contributed by atoms with Crippen LogP contribution >= 0.6 is 31.9 Å². The van der Waals surface area contributed by atoms with Gasteiger partial charge in [-0.3, -0.25) is 0 Å². The van der Waals surface area contributed by atoms with Gasteiger partial charge < -0.3 is 9.47 Å². The van der Waals surface area contributed by atoms with Gasteiger partial charge in [0.25, 0.3) is 0 Å². The zero-order valence-electron chi connectivity index (χ0n) is 8.30. The van der Waals surface area contributed by atoms with Crippen molar-refractivity contribution in [1.29, 1.82) is 5.26 Å². The van der Waals surface area contributed by atoms with E-state index in [2.05, 4.69) is 37.9 Å². The molecule has 80 valence electrons. The minimum atomic E-state index is 0.502. The standard InChI is InChI=1S/C10H9Br2NO2/c1-3-15-10-7(14-2)4-6(5-13)8(11)9(10)12/h4H,3H2,1-2H3. The van der Waals surface area contributed by atoms with Crippen molar-refractivity contribution in [2.75, 3.05) is 13.7 Å². The third-order valence-electron chi connectivity index (χ3n) is 1.76. The molecule has 0 radical (unpaired) electrons. The number of nitriles is 1. The van der Waals surface area contributed by atoms with Gasteiger partial charge in [-0.05, 0) is 38.8 Å². The van der Waals surface area contributed by atoms with Crippen molar-refractivity contribution >= 4 is 31.9 Å². The molecule has 0 aliphatic rings. The van der Waals surface area contributed by atoms with Crippen LogP contribution in [0.4, 0.5) is 0 Å². The first-order valence-electron chi connectivity index (χ1n) is 4.24. The topological polar surface area (TPSA) is 42.2 Å². The van der Waals surface area contributed by atoms with Gasteiger partial charge in [-0.15, -0.1) is 0 Å². The zero-order valence-corrected chi connectivity index (χ0v) is 11.5. The molecule has 0 saturated heterocycles. The number of nitrogens with zero attached hydrogens (tertiary/aromatic N) is 1. The van der Waals surface area contributed by atoms with Crippen molar-refractivity contribution < 1.29 is 9.47 Å². The van der Waals surface area contributed by atoms with Gasteiger partial charge in [0.2, 0.25) is 0 Å². The molecule has 15 heavy (non-hydrogen) atoms. The summed E-state index contributed by atoms with van der Waals surface area (Å²) in [5.74, 6) is 1.15. The Morgan fingerprint density at radius 2 is 2.07 bits per heavy atom. The monoisotopic (exact) mass is 333 g/mol. The van der Waals surface area contributed by atoms with Gasteiger partial charge in [0.15, 0.2) is 11.5 Å². The molecule has 3 nitrogen and oxygen atoms in total. The van der Waals surface area contributed by atoms with Crippen LogP contribution in [0.15, 0.2) is 15.0 Å². The Morgan fingerprint density at radius 3 is 2.53 bits per heavy atom. The lowest BCUT2D eigenvalue weighted by molar-refractivity contribution is 0.308. The summed E-state index contributed by atoms with van der Waals surface area (Å²) in [5, 5.41) is 8.89. The van der Waals surface area contributed by atoms with Gasteiger partial charge in [-0.25, -0.2) is 0 Å². The van der Waals surface area contributed by atoms with E-state index in [-0.39, 0.29) is 0 Å². The van der Waals surface area contributed by atoms with Crippen LogP contribution in [-0.2, 0) is 0 Å². The molecule has 5 heteroatoms. The van der Waals surface area contributed by atoms with Crippen molar-refractivity contribution in [3.8, 4) is 17.6 Å². The van der Waals surface area contributed by atoms with Crippen LogP contribution in [0, 0.1) is 11.3 Å². The first-order valence-corrected chi connectivity index (χ1v) is 5.83. The second kappa shape index (κ2) is 5.38. The second-order valence-corrected chi connectivity index (χ2v) is 4.21. The minimum absolute atomic E-state index is 0.502. The maximum absolute atomic E-state index is 8.89. The molecular formula is C10H9Br2NO2. The molecule has 1 aromatic carbocycles. The molecule has 0 atom stereocenters. The molecule has 0 amide bonds. The molecule has 0 aromatic heterocycles. The summed E-state index contributed by atoms with van der Waals surface area (Å²) in [7, 11) is 1.54. The maximum atomic E-state index is 8.89. The number of methoxy groups -OCH3 is 1. The zero-order chi connectivity index (χ0) is 11.4. The molecule has 0 N–H and O–H groups in total. The summed E-state index contributed by atoms with van der Waals surface area (Å²) in [6.45, 7) is 2.42. The van der Waals surface area contributed by atoms with Crippen LogP contribution in [0.25, 0.3) is 0 Å². The van der Waals surface area contributed by atoms with E-state index in [1.165, 1.54) is 0 Å². The fraction of sp³-hybridized carbons (Fsp3) is 0.300. The summed E-state index contributed by atoms with van der Waals surface area (Å²) in [6.07, 6.45) is 0. The van der Waals surface area contributed by atoms with E-state index in [4.69, 9.17) is 14.7 Å². The van der Waals surface area contributed by atoms with Crippen molar-refractivity contribution in [3.63, 3.8) is 0 Å². The summed E-state index contributed by atoms with van der Waals surface area (Å²) in [6, 6.07) is 3.71. The lowest BCUT2D eigenvalue weighted by Crippen LogP contribution is -1.98. The van der Waals surface area contributed by atoms with Crippen molar-refractivity contribution in [2.24, 2.45) is 0 Å². The molecule has 1 rings (SSSR count). The highest BCUT2D eigenvalue weighted by Gasteiger charge is 2.16. The highest BCUT2D eigenvalue weighted by molar-refractivity contribution is 9.13. The lowest BCUT2D eigenvalue weighted by atomic mass is 10.2. The number of benzene rings is 1. The molecule has 0 heterocycles. The minimum Gasteiger partial charge on any atom is -0.493 e. The molecule has 0 bridgehead atoms. The van der Waals surface area contributed by atoms with Crippen LogP contribution in [0.3, 0.4) is 0 Å². The fourth-order valence-electron chi connectivity index (χ4n) is 1.10. The molecule has 1 aromatic rings. The van der Waals surface area contributed by atoms with Crippen LogP contribution in [0.2, 0.25) is 0 Å². The van der Waals surface area contributed by atoms with Crippen LogP contribution in [0.1, 0.15) is 12.5 Å². The van der Waals surface area contributed by atoms with E-state index in [1.807, 2.05) is 6.92 Å². The van der Waals surface area contributed by atoms with Crippen molar-refractivity contribution in [3.05, 3.63) is 20.6 Å². The number of hydrogen-bond acceptors (Lipinski definition) is 3. The molecule has 0 spiro atoms. The Kier molecular flexibility index (Phi) is 4.43. The first kappa shape index (κ1) is 12.3. The third-order valence-corrected chi connectivity index (χ3v) is 3.87. The highest BCUT2D eigenvalue weighted by atomic mass is 79.9. The molecular weight excluding hydrogens is 326 g/mol. The highest BCUT2D eigenvalue weighted by Crippen LogP contribution is 2.42. The Hall–Kier alpha value is -0.730. The first-order chi connectivity index (χ1) is 7.15. The third kappa shape index (κ3) is 2.44. The number of hydrogen-bond donors (Lipinski definition) is 0. The van der Waals surface area contributed by atoms with E-state index >= 15 is 0 Å². The molecule has 0 unspecified atom stereocenters. The molecule has 0 aliphatic heterocycles. The van der Waals surface area contributed by atoms with Crippen LogP contribution in [-0.4, -0.2) is 13.7 Å². The van der Waals surface area contributed by atoms with Crippen molar-refractivity contribution in [2.45, 2.75) is 6.92 Å². The number of halogens is 2. The lowest BCUT2D eigenvalue weighted by Gasteiger charge is -2.13. The average Bonchev–Trinajstić information content (AvgIpc) is 2.25. The van der Waals surface area contributed by atoms with Gasteiger partial charge in [0, 0.05) is 6.07 Å². The molecule has 0 fully saturated rings. The summed E-state index contributed by atoms with van der Waals surface area (Å²) >= 11 is 6.68. The average molecular weight is 335 g/mol. The predicted octanol–water partition coefficient (Wildman–Crippen LogP) is 3.49. The quantitative estimate of drug-likeness (QED) is 0.849. The molecule has 0 aliphatic carbocycles. The maximum Gasteiger partial charge on any atom is 0.176 e. The Bertz CT molecular complexity index is 413. The van der Waals surface area contributed by atoms with Crippen molar-refractivity contribution in [1.82, 2.24) is 0 Å². The van der Waals surface area contributed by atoms with E-state index in [0.717, 1.165) is 0 Å². The van der Waals surface area contributed by atoms with Gasteiger partial charge in [-0.1, -0.05) is 0 Å². The summed E-state index contributed by atoms with van der Waals surface area (Å²) < 4.78 is 11.9. The van der Waals surface area contributed by atoms with Crippen LogP contribution in [0.5, 0.6) is 11.5 Å². The predicted molar refractivity (Wildman–Crippen MR) is 64.3 cm³/mol. The SMILES string of the molecule is CCOc1c(OC)cc(C#N)c(Br)c1Br. The smallest absolute Gasteiger partial charge is 0.176 e. The van der Waals surface area contributed by atoms with E-state index < -0.39 is 0 Å². The Morgan fingerprint density at radius 1 is 1.40 bits per heavy atom. The largest absolute Gasteiger partial charge is 0.493 e. The Labute approximate surface area is 105 Å². The number of ether oxygens (including phenoxy) is 2. The normalized spacial score (nSPS) is 9.53. The summed E-state index contributed by atoms with van der Waals surface area (Å²) in [4.78, 5) is 0. The van der Waals surface area contributed by atoms with E-state index in [1.54, 1.807) is 13.2 Å². The Balaban J connectivity index is 3.39. The van der Waals surface area contributed by atoms with E-state index in [9.17, 15) is 0 Å². The van der Waals surface area contributed by atoms with Gasteiger partial charge in [-0.2, -0.15) is 5.26 Å². The van der Waals surface area contributed by atoms with Gasteiger partial charge >= 0.3 is 0 Å². The van der Waals surface area contributed by atoms with Crippen LogP contribution < -0.4 is 9.47 Å². The van der Waals surface area contributed by atoms with Gasteiger partial charge in [0.05, 0.1) is 28.2 Å². The second-order valence-electron chi connectivity index (χ2n) is 2.63. The molecule has 0 saturated carbocycles. The number of rotatable bonds is 3.